The zero-order chi connectivity index (χ0) is 14.1. The summed E-state index contributed by atoms with van der Waals surface area (Å²) < 4.78 is 31.1. The molecule has 5 nitrogen and oxygen atoms in total. The predicted molar refractivity (Wildman–Crippen MR) is 83.2 cm³/mol. The van der Waals surface area contributed by atoms with Crippen LogP contribution in [0.15, 0.2) is 0 Å². The largest absolute Gasteiger partial charge is 0.307 e. The second kappa shape index (κ2) is 5.41. The molecule has 0 rings (SSSR count). The lowest BCUT2D eigenvalue weighted by Crippen LogP contribution is -2.51. The van der Waals surface area contributed by atoms with Gasteiger partial charge >= 0.3 is 0 Å². The van der Waals surface area contributed by atoms with E-state index in [-0.39, 0.29) is 0 Å². The molecule has 0 spiro atoms. The Kier molecular flexibility index (Phi) is 5.66. The third-order valence-electron chi connectivity index (χ3n) is 1.37. The highest BCUT2D eigenvalue weighted by Crippen LogP contribution is 2.47. The maximum atomic E-state index is 12.8. The fourth-order valence-corrected chi connectivity index (χ4v) is 13.7. The Morgan fingerprint density at radius 3 is 1.24 bits per heavy atom. The summed E-state index contributed by atoms with van der Waals surface area (Å²) in [5.74, 6) is 0. The first kappa shape index (κ1) is 17.8. The second-order valence-corrected chi connectivity index (χ2v) is 22.3. The van der Waals surface area contributed by atoms with Crippen molar-refractivity contribution in [1.82, 2.24) is 14.4 Å². The molecule has 0 saturated heterocycles. The Bertz CT molecular complexity index is 337. The SMILES string of the molecule is C[Si](C)(C)NP(=O)(N[Si](C)(C)C)NP(C)(C)=O. The highest BCUT2D eigenvalue weighted by atomic mass is 31.2. The summed E-state index contributed by atoms with van der Waals surface area (Å²) in [4.78, 5) is 2.80. The average molecular weight is 315 g/mol. The van der Waals surface area contributed by atoms with Gasteiger partial charge in [-0.1, -0.05) is 39.3 Å². The lowest BCUT2D eigenvalue weighted by Gasteiger charge is -2.33. The lowest BCUT2D eigenvalue weighted by atomic mass is 11.8. The van der Waals surface area contributed by atoms with Crippen LogP contribution in [0.1, 0.15) is 0 Å². The molecule has 3 N–H and O–H groups in total. The van der Waals surface area contributed by atoms with Gasteiger partial charge in [-0.3, -0.25) is 14.1 Å². The smallest absolute Gasteiger partial charge is 0.272 e. The third kappa shape index (κ3) is 10.4. The Hall–Kier alpha value is 0.774. The topological polar surface area (TPSA) is 70.2 Å². The number of hydrogen-bond acceptors (Lipinski definition) is 2. The van der Waals surface area contributed by atoms with E-state index in [1.54, 1.807) is 13.3 Å². The van der Waals surface area contributed by atoms with Crippen molar-refractivity contribution in [3.63, 3.8) is 0 Å². The minimum Gasteiger partial charge on any atom is -0.307 e. The highest BCUT2D eigenvalue weighted by Gasteiger charge is 2.35. The number of hydrogen-bond donors (Lipinski definition) is 3. The van der Waals surface area contributed by atoms with Crippen molar-refractivity contribution in [3.8, 4) is 0 Å². The van der Waals surface area contributed by atoms with E-state index in [1.807, 2.05) is 0 Å². The molecule has 0 aromatic rings. The zero-order valence-corrected chi connectivity index (χ0v) is 16.0. The normalized spacial score (nSPS) is 15.1. The summed E-state index contributed by atoms with van der Waals surface area (Å²) in [7, 11) is -8.98. The van der Waals surface area contributed by atoms with Crippen molar-refractivity contribution in [3.05, 3.63) is 0 Å². The zero-order valence-electron chi connectivity index (χ0n) is 12.2. The highest BCUT2D eigenvalue weighted by molar-refractivity contribution is 7.76. The van der Waals surface area contributed by atoms with E-state index in [4.69, 9.17) is 0 Å². The first-order chi connectivity index (χ1) is 7.12. The van der Waals surface area contributed by atoms with E-state index in [0.717, 1.165) is 0 Å². The van der Waals surface area contributed by atoms with Crippen molar-refractivity contribution in [2.45, 2.75) is 39.3 Å². The molecule has 0 amide bonds. The quantitative estimate of drug-likeness (QED) is 0.519. The predicted octanol–water partition coefficient (Wildman–Crippen LogP) is 3.07. The summed E-state index contributed by atoms with van der Waals surface area (Å²) in [6.07, 6.45) is 0. The van der Waals surface area contributed by atoms with Gasteiger partial charge in [0.2, 0.25) is 0 Å². The fraction of sp³-hybridized carbons (Fsp3) is 1.00. The molecule has 0 radical (unpaired) electrons. The molecule has 0 aliphatic heterocycles. The molecule has 0 unspecified atom stereocenters. The van der Waals surface area contributed by atoms with E-state index >= 15 is 0 Å². The minimum atomic E-state index is -2.97. The maximum absolute atomic E-state index is 12.8. The molecule has 9 heteroatoms. The van der Waals surface area contributed by atoms with Gasteiger partial charge in [-0.15, -0.1) is 0 Å². The van der Waals surface area contributed by atoms with Gasteiger partial charge in [0, 0.05) is 13.3 Å². The summed E-state index contributed by atoms with van der Waals surface area (Å²) in [6.45, 7) is 15.6. The summed E-state index contributed by atoms with van der Waals surface area (Å²) >= 11 is 0. The Morgan fingerprint density at radius 2 is 1.06 bits per heavy atom. The van der Waals surface area contributed by atoms with E-state index in [9.17, 15) is 9.13 Å². The van der Waals surface area contributed by atoms with Gasteiger partial charge in [-0.25, -0.2) is 0 Å². The summed E-state index contributed by atoms with van der Waals surface area (Å²) in [5, 5.41) is 0. The van der Waals surface area contributed by atoms with E-state index in [2.05, 4.69) is 53.6 Å². The molecule has 17 heavy (non-hydrogen) atoms. The molecule has 0 fully saturated rings. The first-order valence-electron chi connectivity index (χ1n) is 5.65. The molecular weight excluding hydrogens is 288 g/mol. The van der Waals surface area contributed by atoms with Crippen molar-refractivity contribution >= 4 is 31.4 Å². The maximum Gasteiger partial charge on any atom is 0.272 e. The van der Waals surface area contributed by atoms with Crippen LogP contribution >= 0.6 is 14.9 Å². The van der Waals surface area contributed by atoms with Crippen LogP contribution in [-0.4, -0.2) is 29.8 Å². The Labute approximate surface area is 108 Å². The monoisotopic (exact) mass is 315 g/mol. The number of rotatable bonds is 6. The van der Waals surface area contributed by atoms with Crippen molar-refractivity contribution in [1.29, 1.82) is 0 Å². The van der Waals surface area contributed by atoms with Crippen LogP contribution in [-0.2, 0) is 9.13 Å². The Balaban J connectivity index is 5.10. The van der Waals surface area contributed by atoms with Crippen LogP contribution in [0.25, 0.3) is 0 Å². The lowest BCUT2D eigenvalue weighted by molar-refractivity contribution is 0.559. The number of nitrogens with one attached hydrogen (secondary N) is 3. The molecule has 0 aliphatic rings. The van der Waals surface area contributed by atoms with Gasteiger partial charge in [0.25, 0.3) is 7.59 Å². The summed E-state index contributed by atoms with van der Waals surface area (Å²) in [6, 6.07) is 0. The van der Waals surface area contributed by atoms with Crippen molar-refractivity contribution in [2.24, 2.45) is 0 Å². The van der Waals surface area contributed by atoms with Gasteiger partial charge in [0.15, 0.2) is 0 Å². The molecule has 0 aromatic heterocycles. The average Bonchev–Trinajstić information content (AvgIpc) is 1.65. The molecule has 0 aliphatic carbocycles. The van der Waals surface area contributed by atoms with Crippen LogP contribution in [0.4, 0.5) is 0 Å². The van der Waals surface area contributed by atoms with Crippen LogP contribution in [0.5, 0.6) is 0 Å². The van der Waals surface area contributed by atoms with Gasteiger partial charge in [0.05, 0.1) is 0 Å². The fourth-order valence-electron chi connectivity index (χ4n) is 1.36. The van der Waals surface area contributed by atoms with E-state index in [1.165, 1.54) is 0 Å². The molecule has 0 aromatic carbocycles. The van der Waals surface area contributed by atoms with Crippen molar-refractivity contribution < 1.29 is 9.13 Å². The molecule has 0 atom stereocenters. The van der Waals surface area contributed by atoms with Crippen LogP contribution in [0.2, 0.25) is 39.3 Å². The van der Waals surface area contributed by atoms with Gasteiger partial charge in [0.1, 0.15) is 23.8 Å². The van der Waals surface area contributed by atoms with Crippen LogP contribution in [0, 0.1) is 0 Å². The van der Waals surface area contributed by atoms with Crippen LogP contribution < -0.4 is 14.4 Å². The van der Waals surface area contributed by atoms with E-state index < -0.39 is 31.4 Å². The van der Waals surface area contributed by atoms with Gasteiger partial charge in [-0.2, -0.15) is 4.86 Å². The molecule has 0 saturated carbocycles. The molecule has 0 heterocycles. The van der Waals surface area contributed by atoms with Gasteiger partial charge in [-0.05, 0) is 0 Å². The second-order valence-electron chi connectivity index (χ2n) is 6.78. The van der Waals surface area contributed by atoms with Gasteiger partial charge < -0.3 is 4.57 Å². The molecule has 104 valence electrons. The molecular formula is C8H27N3O2P2Si2. The molecule has 0 bridgehead atoms. The standard InChI is InChI=1S/C8H27N3O2P2Si2/c1-14(2,12)9-15(13,10-16(3,4)5)11-17(6,7)8/h1-8H3,(H3,9,10,11,12,13). The first-order valence-corrected chi connectivity index (χ1v) is 17.0. The Morgan fingerprint density at radius 1 is 0.765 bits per heavy atom. The minimum absolute atomic E-state index is 1.59. The summed E-state index contributed by atoms with van der Waals surface area (Å²) in [5.41, 5.74) is 0. The van der Waals surface area contributed by atoms with Crippen molar-refractivity contribution in [2.75, 3.05) is 13.3 Å². The van der Waals surface area contributed by atoms with E-state index in [0.29, 0.717) is 0 Å². The third-order valence-corrected chi connectivity index (χ3v) is 12.3. The van der Waals surface area contributed by atoms with Crippen LogP contribution in [0.3, 0.4) is 0 Å².